The summed E-state index contributed by atoms with van der Waals surface area (Å²) in [5.74, 6) is -0.565. The van der Waals surface area contributed by atoms with Gasteiger partial charge in [-0.1, -0.05) is 0 Å². The number of aliphatic hydroxyl groups is 1. The van der Waals surface area contributed by atoms with Gasteiger partial charge in [0.15, 0.2) is 0 Å². The van der Waals surface area contributed by atoms with Gasteiger partial charge in [0.1, 0.15) is 0 Å². The first kappa shape index (κ1) is 15.9. The second-order valence-corrected chi connectivity index (χ2v) is 6.49. The fourth-order valence-corrected chi connectivity index (χ4v) is 2.84. The predicted molar refractivity (Wildman–Crippen MR) is 79.4 cm³/mol. The number of hydrogen-bond acceptors (Lipinski definition) is 5. The van der Waals surface area contributed by atoms with Crippen molar-refractivity contribution in [2.45, 2.75) is 25.4 Å². The molecule has 0 aliphatic carbocycles. The van der Waals surface area contributed by atoms with E-state index in [0.717, 1.165) is 4.88 Å². The van der Waals surface area contributed by atoms with E-state index in [1.807, 2.05) is 13.0 Å². The van der Waals surface area contributed by atoms with Gasteiger partial charge >= 0.3 is 0 Å². The summed E-state index contributed by atoms with van der Waals surface area (Å²) in [6.45, 7) is 3.01. The number of thiophene rings is 1. The molecule has 1 aromatic rings. The molecule has 1 aliphatic rings. The fraction of sp³-hybridized carbons (Fsp3) is 0.571. The summed E-state index contributed by atoms with van der Waals surface area (Å²) in [7, 11) is 0. The zero-order chi connectivity index (χ0) is 15.3. The maximum absolute atomic E-state index is 11.8. The lowest BCUT2D eigenvalue weighted by molar-refractivity contribution is -0.123. The largest absolute Gasteiger partial charge is 0.388 e. The third kappa shape index (κ3) is 4.80. The van der Waals surface area contributed by atoms with E-state index in [1.165, 1.54) is 11.3 Å². The molecule has 0 spiro atoms. The first-order chi connectivity index (χ1) is 9.98. The molecule has 2 rings (SSSR count). The second kappa shape index (κ2) is 7.02. The third-order valence-corrected chi connectivity index (χ3v) is 4.41. The molecular formula is C14H20N2O4S. The average molecular weight is 312 g/mol. The van der Waals surface area contributed by atoms with Crippen LogP contribution in [0.15, 0.2) is 12.1 Å². The lowest BCUT2D eigenvalue weighted by atomic mass is 9.94. The fourth-order valence-electron chi connectivity index (χ4n) is 2.06. The Morgan fingerprint density at radius 2 is 2.05 bits per heavy atom. The van der Waals surface area contributed by atoms with E-state index in [0.29, 0.717) is 30.9 Å². The van der Waals surface area contributed by atoms with Gasteiger partial charge in [-0.3, -0.25) is 9.59 Å². The van der Waals surface area contributed by atoms with Crippen LogP contribution in [-0.2, 0) is 9.53 Å². The summed E-state index contributed by atoms with van der Waals surface area (Å²) in [6, 6.07) is 3.60. The van der Waals surface area contributed by atoms with E-state index < -0.39 is 5.60 Å². The van der Waals surface area contributed by atoms with Gasteiger partial charge in [0.2, 0.25) is 5.91 Å². The van der Waals surface area contributed by atoms with Gasteiger partial charge in [0.25, 0.3) is 5.91 Å². The smallest absolute Gasteiger partial charge is 0.261 e. The van der Waals surface area contributed by atoms with Crippen LogP contribution in [-0.4, -0.2) is 48.8 Å². The maximum atomic E-state index is 11.8. The second-order valence-electron chi connectivity index (χ2n) is 5.21. The van der Waals surface area contributed by atoms with E-state index in [9.17, 15) is 14.7 Å². The van der Waals surface area contributed by atoms with E-state index in [4.69, 9.17) is 4.74 Å². The van der Waals surface area contributed by atoms with Crippen LogP contribution in [0.4, 0.5) is 0 Å². The summed E-state index contributed by atoms with van der Waals surface area (Å²) < 4.78 is 5.17. The van der Waals surface area contributed by atoms with Crippen molar-refractivity contribution in [1.29, 1.82) is 0 Å². The normalized spacial score (nSPS) is 17.2. The topological polar surface area (TPSA) is 87.7 Å². The van der Waals surface area contributed by atoms with E-state index in [1.54, 1.807) is 6.07 Å². The molecule has 0 atom stereocenters. The summed E-state index contributed by atoms with van der Waals surface area (Å²) in [5.41, 5.74) is -0.900. The Morgan fingerprint density at radius 3 is 2.67 bits per heavy atom. The standard InChI is InChI=1S/C14H20N2O4S/c1-10-2-3-11(21-10)13(18)15-8-12(17)16-9-14(19)4-6-20-7-5-14/h2-3,19H,4-9H2,1H3,(H,15,18)(H,16,17). The summed E-state index contributed by atoms with van der Waals surface area (Å²) in [6.07, 6.45) is 1.02. The average Bonchev–Trinajstić information content (AvgIpc) is 2.90. The first-order valence-electron chi connectivity index (χ1n) is 6.90. The third-order valence-electron chi connectivity index (χ3n) is 3.41. The molecule has 1 fully saturated rings. The maximum Gasteiger partial charge on any atom is 0.261 e. The highest BCUT2D eigenvalue weighted by molar-refractivity contribution is 7.13. The molecule has 3 N–H and O–H groups in total. The number of aryl methyl sites for hydroxylation is 1. The van der Waals surface area contributed by atoms with Crippen LogP contribution >= 0.6 is 11.3 Å². The lowest BCUT2D eigenvalue weighted by Gasteiger charge is -2.32. The molecule has 1 aromatic heterocycles. The quantitative estimate of drug-likeness (QED) is 0.736. The van der Waals surface area contributed by atoms with Gasteiger partial charge in [-0.25, -0.2) is 0 Å². The predicted octanol–water partition coefficient (Wildman–Crippen LogP) is 0.444. The number of ether oxygens (including phenoxy) is 1. The zero-order valence-corrected chi connectivity index (χ0v) is 12.8. The Bertz CT molecular complexity index is 509. The Balaban J connectivity index is 1.71. The van der Waals surface area contributed by atoms with Crippen molar-refractivity contribution < 1.29 is 19.4 Å². The molecule has 7 heteroatoms. The minimum Gasteiger partial charge on any atom is -0.388 e. The molecule has 2 heterocycles. The van der Waals surface area contributed by atoms with Crippen LogP contribution in [0.25, 0.3) is 0 Å². The van der Waals surface area contributed by atoms with Gasteiger partial charge in [-0.05, 0) is 19.1 Å². The van der Waals surface area contributed by atoms with E-state index in [-0.39, 0.29) is 24.9 Å². The lowest BCUT2D eigenvalue weighted by Crippen LogP contribution is -2.48. The number of amides is 2. The van der Waals surface area contributed by atoms with Gasteiger partial charge in [0.05, 0.1) is 17.0 Å². The SMILES string of the molecule is Cc1ccc(C(=O)NCC(=O)NCC2(O)CCOCC2)s1. The van der Waals surface area contributed by atoms with Crippen LogP contribution in [0, 0.1) is 6.92 Å². The highest BCUT2D eigenvalue weighted by Crippen LogP contribution is 2.19. The number of rotatable bonds is 5. The molecule has 0 saturated carbocycles. The van der Waals surface area contributed by atoms with Crippen LogP contribution in [0.5, 0.6) is 0 Å². The van der Waals surface area contributed by atoms with Crippen molar-refractivity contribution in [3.05, 3.63) is 21.9 Å². The van der Waals surface area contributed by atoms with E-state index >= 15 is 0 Å². The number of nitrogens with one attached hydrogen (secondary N) is 2. The molecule has 0 unspecified atom stereocenters. The highest BCUT2D eigenvalue weighted by Gasteiger charge is 2.30. The van der Waals surface area contributed by atoms with E-state index in [2.05, 4.69) is 10.6 Å². The molecular weight excluding hydrogens is 292 g/mol. The van der Waals surface area contributed by atoms with Crippen molar-refractivity contribution >= 4 is 23.2 Å². The van der Waals surface area contributed by atoms with Crippen molar-refractivity contribution in [2.75, 3.05) is 26.3 Å². The van der Waals surface area contributed by atoms with Crippen molar-refractivity contribution in [3.63, 3.8) is 0 Å². The monoisotopic (exact) mass is 312 g/mol. The van der Waals surface area contributed by atoms with Crippen LogP contribution in [0.2, 0.25) is 0 Å². The van der Waals surface area contributed by atoms with Crippen LogP contribution in [0.1, 0.15) is 27.4 Å². The van der Waals surface area contributed by atoms with Crippen LogP contribution in [0.3, 0.4) is 0 Å². The van der Waals surface area contributed by atoms with Crippen molar-refractivity contribution in [1.82, 2.24) is 10.6 Å². The molecule has 0 radical (unpaired) electrons. The molecule has 0 aromatic carbocycles. The van der Waals surface area contributed by atoms with Gasteiger partial charge in [0, 0.05) is 37.5 Å². The summed E-state index contributed by atoms with van der Waals surface area (Å²) in [5, 5.41) is 15.4. The Kier molecular flexibility index (Phi) is 5.33. The summed E-state index contributed by atoms with van der Waals surface area (Å²) in [4.78, 5) is 25.1. The molecule has 2 amide bonds. The molecule has 1 aliphatic heterocycles. The molecule has 6 nitrogen and oxygen atoms in total. The van der Waals surface area contributed by atoms with Crippen LogP contribution < -0.4 is 10.6 Å². The van der Waals surface area contributed by atoms with Gasteiger partial charge in [-0.2, -0.15) is 0 Å². The summed E-state index contributed by atoms with van der Waals surface area (Å²) >= 11 is 1.39. The minimum atomic E-state index is -0.900. The molecule has 116 valence electrons. The Morgan fingerprint density at radius 1 is 1.33 bits per heavy atom. The first-order valence-corrected chi connectivity index (χ1v) is 7.72. The number of carbonyl (C=O) groups is 2. The van der Waals surface area contributed by atoms with Gasteiger partial charge in [-0.15, -0.1) is 11.3 Å². The van der Waals surface area contributed by atoms with Crippen molar-refractivity contribution in [2.24, 2.45) is 0 Å². The molecule has 1 saturated heterocycles. The molecule has 21 heavy (non-hydrogen) atoms. The Hall–Kier alpha value is -1.44. The molecule has 0 bridgehead atoms. The zero-order valence-electron chi connectivity index (χ0n) is 12.0. The Labute approximate surface area is 127 Å². The number of carbonyl (C=O) groups excluding carboxylic acids is 2. The van der Waals surface area contributed by atoms with Crippen molar-refractivity contribution in [3.8, 4) is 0 Å². The minimum absolute atomic E-state index is 0.0949. The number of hydrogen-bond donors (Lipinski definition) is 3. The van der Waals surface area contributed by atoms with Gasteiger partial charge < -0.3 is 20.5 Å². The highest BCUT2D eigenvalue weighted by atomic mass is 32.1.